The molecular formula is C13H15NO3S. The minimum absolute atomic E-state index is 0.254. The van der Waals surface area contributed by atoms with Gasteiger partial charge in [-0.1, -0.05) is 30.2 Å². The van der Waals surface area contributed by atoms with Crippen LogP contribution in [0.3, 0.4) is 0 Å². The molecule has 0 spiro atoms. The van der Waals surface area contributed by atoms with Gasteiger partial charge in [0.05, 0.1) is 12.8 Å². The van der Waals surface area contributed by atoms with E-state index < -0.39 is 15.8 Å². The Bertz CT molecular complexity index is 588. The number of hydrogen-bond donors (Lipinski definition) is 1. The normalized spacial score (nSPS) is 22.4. The highest BCUT2D eigenvalue weighted by molar-refractivity contribution is 7.86. The van der Waals surface area contributed by atoms with Crippen LogP contribution in [0.2, 0.25) is 0 Å². The van der Waals surface area contributed by atoms with Crippen LogP contribution in [0.1, 0.15) is 17.5 Å². The molecule has 1 aromatic rings. The number of benzene rings is 1. The summed E-state index contributed by atoms with van der Waals surface area (Å²) in [5.41, 5.74) is 0.924. The molecule has 1 atom stereocenters. The van der Waals surface area contributed by atoms with E-state index in [1.807, 2.05) is 24.3 Å². The number of fused-ring (bicyclic) bond motifs is 1. The molecule has 1 aliphatic carbocycles. The van der Waals surface area contributed by atoms with Crippen molar-refractivity contribution in [3.8, 4) is 12.3 Å². The van der Waals surface area contributed by atoms with Gasteiger partial charge >= 0.3 is 0 Å². The quantitative estimate of drug-likeness (QED) is 0.501. The van der Waals surface area contributed by atoms with Crippen LogP contribution < -0.4 is 5.32 Å². The van der Waals surface area contributed by atoms with Crippen molar-refractivity contribution in [2.45, 2.75) is 18.6 Å². The van der Waals surface area contributed by atoms with E-state index in [4.69, 9.17) is 10.6 Å². The summed E-state index contributed by atoms with van der Waals surface area (Å²) in [7, 11) is -3.57. The van der Waals surface area contributed by atoms with E-state index in [0.717, 1.165) is 23.8 Å². The number of nitrogens with one attached hydrogen (secondary N) is 1. The predicted molar refractivity (Wildman–Crippen MR) is 69.2 cm³/mol. The molecule has 18 heavy (non-hydrogen) atoms. The first kappa shape index (κ1) is 13.1. The zero-order valence-corrected chi connectivity index (χ0v) is 11.0. The molecule has 1 aliphatic rings. The highest BCUT2D eigenvalue weighted by atomic mass is 32.2. The number of rotatable bonds is 4. The maximum atomic E-state index is 11.5. The minimum Gasteiger partial charge on any atom is -0.273 e. The van der Waals surface area contributed by atoms with Gasteiger partial charge in [-0.05, 0) is 18.4 Å². The smallest absolute Gasteiger partial charge is 0.266 e. The highest BCUT2D eigenvalue weighted by Gasteiger charge is 2.42. The SMILES string of the molecule is C#CCN[C@]1(OS(C)(=O)=O)CCc2ccccc21. The lowest BCUT2D eigenvalue weighted by Gasteiger charge is -2.29. The monoisotopic (exact) mass is 265 g/mol. The van der Waals surface area contributed by atoms with Gasteiger partial charge < -0.3 is 0 Å². The summed E-state index contributed by atoms with van der Waals surface area (Å²) in [5, 5.41) is 3.02. The second kappa shape index (κ2) is 4.73. The summed E-state index contributed by atoms with van der Waals surface area (Å²) in [6.45, 7) is 0.254. The van der Waals surface area contributed by atoms with Crippen molar-refractivity contribution in [3.63, 3.8) is 0 Å². The molecule has 0 fully saturated rings. The molecule has 1 N–H and O–H groups in total. The molecule has 0 radical (unpaired) electrons. The first-order valence-corrected chi connectivity index (χ1v) is 7.46. The zero-order chi connectivity index (χ0) is 13.2. The summed E-state index contributed by atoms with van der Waals surface area (Å²) >= 11 is 0. The molecule has 0 saturated heterocycles. The second-order valence-corrected chi connectivity index (χ2v) is 5.90. The molecule has 4 nitrogen and oxygen atoms in total. The lowest BCUT2D eigenvalue weighted by Crippen LogP contribution is -2.44. The van der Waals surface area contributed by atoms with E-state index in [1.54, 1.807) is 0 Å². The van der Waals surface area contributed by atoms with Crippen LogP contribution in [-0.2, 0) is 26.4 Å². The summed E-state index contributed by atoms with van der Waals surface area (Å²) in [6, 6.07) is 7.63. The third-order valence-corrected chi connectivity index (χ3v) is 3.56. The number of aryl methyl sites for hydroxylation is 1. The zero-order valence-electron chi connectivity index (χ0n) is 10.1. The molecule has 0 bridgehead atoms. The Morgan fingerprint density at radius 1 is 1.50 bits per heavy atom. The maximum Gasteiger partial charge on any atom is 0.266 e. The Balaban J connectivity index is 2.42. The van der Waals surface area contributed by atoms with Crippen LogP contribution in [0.5, 0.6) is 0 Å². The molecule has 0 heterocycles. The van der Waals surface area contributed by atoms with Crippen LogP contribution in [0.15, 0.2) is 24.3 Å². The van der Waals surface area contributed by atoms with Crippen LogP contribution in [-0.4, -0.2) is 21.2 Å². The first-order valence-electron chi connectivity index (χ1n) is 5.64. The maximum absolute atomic E-state index is 11.5. The first-order chi connectivity index (χ1) is 8.47. The fourth-order valence-electron chi connectivity index (χ4n) is 2.33. The van der Waals surface area contributed by atoms with Gasteiger partial charge in [-0.3, -0.25) is 5.32 Å². The largest absolute Gasteiger partial charge is 0.273 e. The van der Waals surface area contributed by atoms with Crippen molar-refractivity contribution in [3.05, 3.63) is 35.4 Å². The third kappa shape index (κ3) is 2.56. The van der Waals surface area contributed by atoms with Gasteiger partial charge in [0.1, 0.15) is 0 Å². The Hall–Kier alpha value is -1.35. The number of hydrogen-bond acceptors (Lipinski definition) is 4. The number of terminal acetylenes is 1. The minimum atomic E-state index is -3.57. The molecule has 0 unspecified atom stereocenters. The fourth-order valence-corrected chi connectivity index (χ4v) is 3.08. The third-order valence-electron chi connectivity index (χ3n) is 2.97. The van der Waals surface area contributed by atoms with Crippen molar-refractivity contribution < 1.29 is 12.6 Å². The molecule has 0 aromatic heterocycles. The van der Waals surface area contributed by atoms with Gasteiger partial charge in [0.15, 0.2) is 5.72 Å². The van der Waals surface area contributed by atoms with Gasteiger partial charge in [0.25, 0.3) is 10.1 Å². The lowest BCUT2D eigenvalue weighted by atomic mass is 10.1. The molecule has 0 aliphatic heterocycles. The summed E-state index contributed by atoms with van der Waals surface area (Å²) in [6.07, 6.45) is 7.60. The molecule has 0 saturated carbocycles. The van der Waals surface area contributed by atoms with Crippen LogP contribution >= 0.6 is 0 Å². The summed E-state index contributed by atoms with van der Waals surface area (Å²) in [5.74, 6) is 2.45. The predicted octanol–water partition coefficient (Wildman–Crippen LogP) is 0.985. The van der Waals surface area contributed by atoms with Crippen LogP contribution in [0.25, 0.3) is 0 Å². The Labute approximate surface area is 107 Å². The topological polar surface area (TPSA) is 55.4 Å². The van der Waals surface area contributed by atoms with Gasteiger partial charge in [-0.15, -0.1) is 6.42 Å². The lowest BCUT2D eigenvalue weighted by molar-refractivity contribution is 0.0436. The Morgan fingerprint density at radius 2 is 2.22 bits per heavy atom. The van der Waals surface area contributed by atoms with Crippen molar-refractivity contribution in [2.75, 3.05) is 12.8 Å². The molecular weight excluding hydrogens is 250 g/mol. The average molecular weight is 265 g/mol. The van der Waals surface area contributed by atoms with E-state index in [-0.39, 0.29) is 6.54 Å². The Kier molecular flexibility index (Phi) is 3.44. The van der Waals surface area contributed by atoms with E-state index in [2.05, 4.69) is 11.2 Å². The van der Waals surface area contributed by atoms with Gasteiger partial charge in [0.2, 0.25) is 0 Å². The summed E-state index contributed by atoms with van der Waals surface area (Å²) in [4.78, 5) is 0. The van der Waals surface area contributed by atoms with Gasteiger partial charge in [-0.2, -0.15) is 8.42 Å². The van der Waals surface area contributed by atoms with E-state index >= 15 is 0 Å². The fraction of sp³-hybridized carbons (Fsp3) is 0.385. The molecule has 2 rings (SSSR count). The van der Waals surface area contributed by atoms with E-state index in [9.17, 15) is 8.42 Å². The van der Waals surface area contributed by atoms with Gasteiger partial charge in [-0.25, -0.2) is 4.18 Å². The Morgan fingerprint density at radius 3 is 2.89 bits per heavy atom. The van der Waals surface area contributed by atoms with Gasteiger partial charge in [0, 0.05) is 5.56 Å². The van der Waals surface area contributed by atoms with Crippen molar-refractivity contribution in [1.82, 2.24) is 5.32 Å². The summed E-state index contributed by atoms with van der Waals surface area (Å²) < 4.78 is 28.2. The van der Waals surface area contributed by atoms with E-state index in [0.29, 0.717) is 6.42 Å². The highest BCUT2D eigenvalue weighted by Crippen LogP contribution is 2.38. The molecule has 0 amide bonds. The van der Waals surface area contributed by atoms with Crippen molar-refractivity contribution >= 4 is 10.1 Å². The van der Waals surface area contributed by atoms with Crippen LogP contribution in [0, 0.1) is 12.3 Å². The standard InChI is InChI=1S/C13H15NO3S/c1-3-10-14-13(17-18(2,15)16)9-8-11-6-4-5-7-12(11)13/h1,4-7,14H,8-10H2,2H3/t13-/m0/s1. The molecule has 96 valence electrons. The molecule has 5 heteroatoms. The van der Waals surface area contributed by atoms with Crippen molar-refractivity contribution in [1.29, 1.82) is 0 Å². The van der Waals surface area contributed by atoms with Crippen molar-refractivity contribution in [2.24, 2.45) is 0 Å². The average Bonchev–Trinajstić information content (AvgIpc) is 2.65. The second-order valence-electron chi connectivity index (χ2n) is 4.33. The van der Waals surface area contributed by atoms with Crippen LogP contribution in [0.4, 0.5) is 0 Å². The van der Waals surface area contributed by atoms with E-state index in [1.165, 1.54) is 0 Å². The molecule has 1 aromatic carbocycles.